The molecule has 1 saturated heterocycles. The highest BCUT2D eigenvalue weighted by molar-refractivity contribution is 8.27. The van der Waals surface area contributed by atoms with Crippen molar-refractivity contribution < 1.29 is 9.18 Å². The molecule has 1 aliphatic heterocycles. The van der Waals surface area contributed by atoms with E-state index in [0.29, 0.717) is 14.8 Å². The molecule has 1 heterocycles. The highest BCUT2D eigenvalue weighted by atomic mass is 32.2. The van der Waals surface area contributed by atoms with E-state index in [1.54, 1.807) is 24.3 Å². The number of thioether (sulfide) groups is 1. The average Bonchev–Trinajstić information content (AvgIpc) is 2.77. The summed E-state index contributed by atoms with van der Waals surface area (Å²) in [6.07, 6.45) is 1.54. The van der Waals surface area contributed by atoms with Crippen LogP contribution in [0.5, 0.6) is 0 Å². The number of aryl methyl sites for hydroxylation is 1. The maximum atomic E-state index is 13.7. The third-order valence-electron chi connectivity index (χ3n) is 3.28. The summed E-state index contributed by atoms with van der Waals surface area (Å²) in [4.78, 5) is 14.4. The number of hydrogen-bond donors (Lipinski definition) is 0. The molecule has 0 aromatic heterocycles. The van der Waals surface area contributed by atoms with Crippen molar-refractivity contribution in [1.82, 2.24) is 0 Å². The van der Waals surface area contributed by atoms with Gasteiger partial charge < -0.3 is 0 Å². The normalized spacial score (nSPS) is 16.6. The van der Waals surface area contributed by atoms with Crippen LogP contribution in [0.15, 0.2) is 53.4 Å². The summed E-state index contributed by atoms with van der Waals surface area (Å²) < 4.78 is 14.2. The third kappa shape index (κ3) is 2.82. The fraction of sp³-hybridized carbons (Fsp3) is 0.0588. The summed E-state index contributed by atoms with van der Waals surface area (Å²) in [5.41, 5.74) is 2.22. The van der Waals surface area contributed by atoms with Crippen molar-refractivity contribution in [3.05, 3.63) is 70.4 Å². The molecule has 0 N–H and O–H groups in total. The zero-order valence-electron chi connectivity index (χ0n) is 11.7. The fourth-order valence-corrected chi connectivity index (χ4v) is 3.41. The molecule has 0 bridgehead atoms. The first-order chi connectivity index (χ1) is 10.6. The molecule has 5 heteroatoms. The maximum absolute atomic E-state index is 13.7. The lowest BCUT2D eigenvalue weighted by Gasteiger charge is -2.14. The van der Waals surface area contributed by atoms with Crippen LogP contribution in [-0.2, 0) is 4.79 Å². The monoisotopic (exact) mass is 329 g/mol. The Morgan fingerprint density at radius 1 is 1.14 bits per heavy atom. The van der Waals surface area contributed by atoms with E-state index in [2.05, 4.69) is 0 Å². The lowest BCUT2D eigenvalue weighted by molar-refractivity contribution is -0.113. The molecule has 22 heavy (non-hydrogen) atoms. The van der Waals surface area contributed by atoms with Gasteiger partial charge in [-0.1, -0.05) is 59.9 Å². The minimum atomic E-state index is -0.358. The van der Waals surface area contributed by atoms with Crippen LogP contribution in [0, 0.1) is 12.7 Å². The van der Waals surface area contributed by atoms with E-state index in [1.165, 1.54) is 22.7 Å². The summed E-state index contributed by atoms with van der Waals surface area (Å²) in [6, 6.07) is 13.9. The van der Waals surface area contributed by atoms with Gasteiger partial charge in [0.05, 0.1) is 10.6 Å². The van der Waals surface area contributed by atoms with E-state index in [-0.39, 0.29) is 11.7 Å². The summed E-state index contributed by atoms with van der Waals surface area (Å²) in [5, 5.41) is 0. The molecule has 0 atom stereocenters. The van der Waals surface area contributed by atoms with Gasteiger partial charge in [0.2, 0.25) is 0 Å². The van der Waals surface area contributed by atoms with Gasteiger partial charge in [-0.25, -0.2) is 4.39 Å². The number of benzene rings is 2. The standard InChI is InChI=1S/C17H12FNOS2/c1-11-6-8-13(9-7-11)19-16(20)15(22-17(19)21)10-12-4-2-3-5-14(12)18/h2-10H,1H3. The Hall–Kier alpha value is -1.98. The van der Waals surface area contributed by atoms with Gasteiger partial charge in [-0.15, -0.1) is 0 Å². The van der Waals surface area contributed by atoms with Crippen molar-refractivity contribution in [2.75, 3.05) is 4.90 Å². The number of amides is 1. The fourth-order valence-electron chi connectivity index (χ4n) is 2.12. The summed E-state index contributed by atoms with van der Waals surface area (Å²) in [6.45, 7) is 1.98. The van der Waals surface area contributed by atoms with E-state index in [9.17, 15) is 9.18 Å². The van der Waals surface area contributed by atoms with Crippen LogP contribution in [-0.4, -0.2) is 10.2 Å². The van der Waals surface area contributed by atoms with Crippen LogP contribution in [0.1, 0.15) is 11.1 Å². The van der Waals surface area contributed by atoms with E-state index in [0.717, 1.165) is 11.3 Å². The van der Waals surface area contributed by atoms with Gasteiger partial charge >= 0.3 is 0 Å². The molecule has 1 fully saturated rings. The van der Waals surface area contributed by atoms with E-state index >= 15 is 0 Å². The summed E-state index contributed by atoms with van der Waals surface area (Å²) in [7, 11) is 0. The first kappa shape index (κ1) is 14.9. The molecule has 110 valence electrons. The minimum absolute atomic E-state index is 0.220. The molecule has 2 aromatic rings. The topological polar surface area (TPSA) is 20.3 Å². The maximum Gasteiger partial charge on any atom is 0.270 e. The minimum Gasteiger partial charge on any atom is -0.268 e. The first-order valence-electron chi connectivity index (χ1n) is 6.65. The zero-order valence-corrected chi connectivity index (χ0v) is 13.4. The predicted molar refractivity (Wildman–Crippen MR) is 93.2 cm³/mol. The molecule has 0 radical (unpaired) electrons. The van der Waals surface area contributed by atoms with Gasteiger partial charge in [-0.05, 0) is 31.2 Å². The van der Waals surface area contributed by atoms with Crippen molar-refractivity contribution in [1.29, 1.82) is 0 Å². The van der Waals surface area contributed by atoms with Gasteiger partial charge in [-0.2, -0.15) is 0 Å². The number of halogens is 1. The smallest absolute Gasteiger partial charge is 0.268 e. The Morgan fingerprint density at radius 3 is 2.50 bits per heavy atom. The Balaban J connectivity index is 1.95. The Bertz CT molecular complexity index is 784. The van der Waals surface area contributed by atoms with E-state index in [4.69, 9.17) is 12.2 Å². The second kappa shape index (κ2) is 6.02. The number of anilines is 1. The number of carbonyl (C=O) groups excluding carboxylic acids is 1. The lowest BCUT2D eigenvalue weighted by atomic mass is 10.2. The highest BCUT2D eigenvalue weighted by Crippen LogP contribution is 2.36. The van der Waals surface area contributed by atoms with Crippen molar-refractivity contribution in [2.45, 2.75) is 6.92 Å². The average molecular weight is 329 g/mol. The molecular formula is C17H12FNOS2. The number of carbonyl (C=O) groups is 1. The molecule has 2 aromatic carbocycles. The number of rotatable bonds is 2. The van der Waals surface area contributed by atoms with Crippen LogP contribution >= 0.6 is 24.0 Å². The molecule has 0 aliphatic carbocycles. The number of hydrogen-bond acceptors (Lipinski definition) is 3. The van der Waals surface area contributed by atoms with Crippen molar-refractivity contribution in [3.63, 3.8) is 0 Å². The molecule has 0 saturated carbocycles. The van der Waals surface area contributed by atoms with Crippen molar-refractivity contribution in [3.8, 4) is 0 Å². The van der Waals surface area contributed by atoms with Gasteiger partial charge in [0.1, 0.15) is 5.82 Å². The molecule has 1 amide bonds. The SMILES string of the molecule is Cc1ccc(N2C(=O)C(=Cc3ccccc3F)SC2=S)cc1. The second-order valence-corrected chi connectivity index (χ2v) is 6.55. The highest BCUT2D eigenvalue weighted by Gasteiger charge is 2.33. The Morgan fingerprint density at radius 2 is 1.82 bits per heavy atom. The van der Waals surface area contributed by atoms with Crippen LogP contribution in [0.4, 0.5) is 10.1 Å². The van der Waals surface area contributed by atoms with Gasteiger partial charge in [0, 0.05) is 5.56 Å². The van der Waals surface area contributed by atoms with Crippen molar-refractivity contribution in [2.24, 2.45) is 0 Å². The van der Waals surface area contributed by atoms with Gasteiger partial charge in [-0.3, -0.25) is 9.69 Å². The molecule has 3 rings (SSSR count). The molecule has 0 unspecified atom stereocenters. The van der Waals surface area contributed by atoms with Gasteiger partial charge in [0.25, 0.3) is 5.91 Å². The van der Waals surface area contributed by atoms with Crippen LogP contribution in [0.2, 0.25) is 0 Å². The summed E-state index contributed by atoms with van der Waals surface area (Å²) in [5.74, 6) is -0.579. The zero-order chi connectivity index (χ0) is 15.7. The van der Waals surface area contributed by atoms with E-state index in [1.807, 2.05) is 31.2 Å². The van der Waals surface area contributed by atoms with E-state index < -0.39 is 0 Å². The second-order valence-electron chi connectivity index (χ2n) is 4.87. The largest absolute Gasteiger partial charge is 0.270 e. The Kier molecular flexibility index (Phi) is 4.09. The molecule has 1 aliphatic rings. The third-order valence-corrected chi connectivity index (χ3v) is 4.58. The molecular weight excluding hydrogens is 317 g/mol. The summed E-state index contributed by atoms with van der Waals surface area (Å²) >= 11 is 6.48. The Labute approximate surface area is 137 Å². The quantitative estimate of drug-likeness (QED) is 0.596. The molecule has 0 spiro atoms. The van der Waals surface area contributed by atoms with Crippen LogP contribution in [0.3, 0.4) is 0 Å². The number of nitrogens with zero attached hydrogens (tertiary/aromatic N) is 1. The van der Waals surface area contributed by atoms with Gasteiger partial charge in [0.15, 0.2) is 4.32 Å². The van der Waals surface area contributed by atoms with Crippen LogP contribution in [0.25, 0.3) is 6.08 Å². The molecule has 2 nitrogen and oxygen atoms in total. The van der Waals surface area contributed by atoms with Crippen LogP contribution < -0.4 is 4.90 Å². The predicted octanol–water partition coefficient (Wildman–Crippen LogP) is 4.54. The first-order valence-corrected chi connectivity index (χ1v) is 7.88. The number of thiocarbonyl (C=S) groups is 1. The lowest BCUT2D eigenvalue weighted by Crippen LogP contribution is -2.27. The van der Waals surface area contributed by atoms with Crippen molar-refractivity contribution >= 4 is 46.0 Å².